The summed E-state index contributed by atoms with van der Waals surface area (Å²) in [5, 5.41) is 5.28. The summed E-state index contributed by atoms with van der Waals surface area (Å²) in [6.45, 7) is 0. The Balaban J connectivity index is 2.05. The number of pyridine rings is 1. The first-order chi connectivity index (χ1) is 9.44. The highest BCUT2D eigenvalue weighted by molar-refractivity contribution is 9.10. The van der Waals surface area contributed by atoms with Crippen LogP contribution in [-0.2, 0) is 9.84 Å². The van der Waals surface area contributed by atoms with E-state index in [2.05, 4.69) is 26.2 Å². The van der Waals surface area contributed by atoms with E-state index < -0.39 is 9.84 Å². The van der Waals surface area contributed by atoms with Gasteiger partial charge in [0.1, 0.15) is 0 Å². The summed E-state index contributed by atoms with van der Waals surface area (Å²) >= 11 is 3.42. The number of hydrogen-bond donors (Lipinski definition) is 2. The normalized spacial score (nSPS) is 20.4. The predicted octanol–water partition coefficient (Wildman–Crippen LogP) is 2.30. The fourth-order valence-electron chi connectivity index (χ4n) is 2.19. The van der Waals surface area contributed by atoms with Gasteiger partial charge in [0, 0.05) is 15.3 Å². The van der Waals surface area contributed by atoms with Crippen molar-refractivity contribution in [1.29, 1.82) is 0 Å². The lowest BCUT2D eigenvalue weighted by molar-refractivity contribution is 0.605. The molecule has 2 aromatic rings. The molecule has 1 unspecified atom stereocenters. The van der Waals surface area contributed by atoms with E-state index in [0.717, 1.165) is 15.4 Å². The van der Waals surface area contributed by atoms with Crippen molar-refractivity contribution in [3.05, 3.63) is 40.4 Å². The summed E-state index contributed by atoms with van der Waals surface area (Å²) in [7, 11) is -3.10. The Morgan fingerprint density at radius 2 is 2.20 bits per heavy atom. The van der Waals surface area contributed by atoms with Gasteiger partial charge in [-0.15, -0.1) is 0 Å². The molecular weight excluding hydrogens is 342 g/mol. The monoisotopic (exact) mass is 353 g/mol. The molecule has 0 saturated carbocycles. The van der Waals surface area contributed by atoms with Crippen molar-refractivity contribution in [2.45, 2.75) is 6.04 Å². The molecule has 1 aromatic heterocycles. The van der Waals surface area contributed by atoms with Crippen molar-refractivity contribution in [2.75, 3.05) is 16.8 Å². The van der Waals surface area contributed by atoms with Crippen LogP contribution in [0.15, 0.2) is 40.4 Å². The highest BCUT2D eigenvalue weighted by atomic mass is 79.9. The number of benzene rings is 1. The van der Waals surface area contributed by atoms with Crippen molar-refractivity contribution in [3.63, 3.8) is 0 Å². The average Bonchev–Trinajstić information content (AvgIpc) is 2.72. The van der Waals surface area contributed by atoms with E-state index >= 15 is 0 Å². The van der Waals surface area contributed by atoms with E-state index in [0.29, 0.717) is 11.4 Å². The Labute approximate surface area is 124 Å². The molecule has 2 heterocycles. The number of nitrogens with one attached hydrogen (secondary N) is 1. The van der Waals surface area contributed by atoms with Gasteiger partial charge in [-0.3, -0.25) is 4.98 Å². The highest BCUT2D eigenvalue weighted by Crippen LogP contribution is 2.31. The van der Waals surface area contributed by atoms with E-state index in [1.165, 1.54) is 5.41 Å². The largest absolute Gasteiger partial charge is 0.396 e. The third kappa shape index (κ3) is 2.51. The Kier molecular flexibility index (Phi) is 3.18. The van der Waals surface area contributed by atoms with Gasteiger partial charge in [0.25, 0.3) is 0 Å². The lowest BCUT2D eigenvalue weighted by Crippen LogP contribution is -2.21. The molecule has 1 aliphatic rings. The lowest BCUT2D eigenvalue weighted by atomic mass is 10.1. The predicted molar refractivity (Wildman–Crippen MR) is 84.2 cm³/mol. The number of nitrogen functional groups attached to an aromatic ring is 1. The number of aromatic nitrogens is 1. The molecule has 0 bridgehead atoms. The van der Waals surface area contributed by atoms with E-state index in [1.807, 2.05) is 18.2 Å². The fourth-order valence-corrected chi connectivity index (χ4v) is 3.79. The van der Waals surface area contributed by atoms with Crippen LogP contribution in [0, 0.1) is 0 Å². The second-order valence-electron chi connectivity index (χ2n) is 4.66. The number of sulfone groups is 1. The number of halogens is 1. The minimum atomic E-state index is -3.10. The molecule has 7 heteroatoms. The van der Waals surface area contributed by atoms with Gasteiger partial charge in [0.2, 0.25) is 0 Å². The lowest BCUT2D eigenvalue weighted by Gasteiger charge is -2.16. The third-order valence-corrected chi connectivity index (χ3v) is 5.01. The summed E-state index contributed by atoms with van der Waals surface area (Å²) in [5.74, 6) is 0.0459. The minimum Gasteiger partial charge on any atom is -0.396 e. The SMILES string of the molecule is Nc1cnc2ccc(Br)cc2c1NC1C=CS(=O)(=O)C1. The van der Waals surface area contributed by atoms with Crippen LogP contribution in [0.2, 0.25) is 0 Å². The first-order valence-electron chi connectivity index (χ1n) is 5.96. The zero-order valence-corrected chi connectivity index (χ0v) is 12.8. The van der Waals surface area contributed by atoms with Crippen molar-refractivity contribution >= 4 is 48.0 Å². The number of fused-ring (bicyclic) bond motifs is 1. The molecule has 3 rings (SSSR count). The Morgan fingerprint density at radius 3 is 2.90 bits per heavy atom. The molecule has 5 nitrogen and oxygen atoms in total. The summed E-state index contributed by atoms with van der Waals surface area (Å²) in [6, 6.07) is 5.42. The number of nitrogens with two attached hydrogens (primary N) is 1. The van der Waals surface area contributed by atoms with Crippen LogP contribution in [0.1, 0.15) is 0 Å². The van der Waals surface area contributed by atoms with Crippen molar-refractivity contribution in [3.8, 4) is 0 Å². The summed E-state index contributed by atoms with van der Waals surface area (Å²) in [4.78, 5) is 4.26. The number of rotatable bonds is 2. The standard InChI is InChI=1S/C13H12BrN3O2S/c14-8-1-2-12-10(5-8)13(11(15)6-16-12)17-9-3-4-20(18,19)7-9/h1-6,9H,7,15H2,(H,16,17). The van der Waals surface area contributed by atoms with Gasteiger partial charge >= 0.3 is 0 Å². The molecule has 3 N–H and O–H groups in total. The molecule has 20 heavy (non-hydrogen) atoms. The number of hydrogen-bond acceptors (Lipinski definition) is 5. The molecule has 0 aliphatic carbocycles. The maximum Gasteiger partial charge on any atom is 0.173 e. The average molecular weight is 354 g/mol. The van der Waals surface area contributed by atoms with Crippen LogP contribution in [0.3, 0.4) is 0 Å². The molecule has 104 valence electrons. The quantitative estimate of drug-likeness (QED) is 0.865. The van der Waals surface area contributed by atoms with Crippen molar-refractivity contribution < 1.29 is 8.42 Å². The molecule has 0 saturated heterocycles. The van der Waals surface area contributed by atoms with Gasteiger partial charge in [-0.1, -0.05) is 22.0 Å². The van der Waals surface area contributed by atoms with Gasteiger partial charge in [-0.2, -0.15) is 0 Å². The third-order valence-electron chi connectivity index (χ3n) is 3.12. The molecule has 0 fully saturated rings. The maximum atomic E-state index is 11.5. The van der Waals surface area contributed by atoms with Gasteiger partial charge in [0.15, 0.2) is 9.84 Å². The van der Waals surface area contributed by atoms with Gasteiger partial charge in [0.05, 0.1) is 34.9 Å². The molecule has 1 atom stereocenters. The van der Waals surface area contributed by atoms with E-state index in [4.69, 9.17) is 5.73 Å². The Hall–Kier alpha value is -1.60. The Morgan fingerprint density at radius 1 is 1.40 bits per heavy atom. The molecule has 1 aliphatic heterocycles. The molecule has 0 radical (unpaired) electrons. The summed E-state index contributed by atoms with van der Waals surface area (Å²) < 4.78 is 23.8. The van der Waals surface area contributed by atoms with Crippen LogP contribution < -0.4 is 11.1 Å². The first kappa shape index (κ1) is 13.4. The molecular formula is C13H12BrN3O2S. The zero-order valence-electron chi connectivity index (χ0n) is 10.4. The van der Waals surface area contributed by atoms with Crippen LogP contribution >= 0.6 is 15.9 Å². The number of anilines is 2. The summed E-state index contributed by atoms with van der Waals surface area (Å²) in [5.41, 5.74) is 7.97. The molecule has 0 spiro atoms. The smallest absolute Gasteiger partial charge is 0.173 e. The molecule has 0 amide bonds. The van der Waals surface area contributed by atoms with E-state index in [-0.39, 0.29) is 11.8 Å². The summed E-state index contributed by atoms with van der Waals surface area (Å²) in [6.07, 6.45) is 3.21. The second kappa shape index (κ2) is 4.75. The fraction of sp³-hybridized carbons (Fsp3) is 0.154. The Bertz CT molecular complexity index is 812. The van der Waals surface area contributed by atoms with Crippen molar-refractivity contribution in [1.82, 2.24) is 4.98 Å². The highest BCUT2D eigenvalue weighted by Gasteiger charge is 2.22. The number of nitrogens with zero attached hydrogens (tertiary/aromatic N) is 1. The maximum absolute atomic E-state index is 11.5. The minimum absolute atomic E-state index is 0.0459. The van der Waals surface area contributed by atoms with Gasteiger partial charge in [-0.25, -0.2) is 8.42 Å². The van der Waals surface area contributed by atoms with Crippen LogP contribution in [0.25, 0.3) is 10.9 Å². The van der Waals surface area contributed by atoms with Crippen LogP contribution in [0.4, 0.5) is 11.4 Å². The first-order valence-corrected chi connectivity index (χ1v) is 8.47. The zero-order chi connectivity index (χ0) is 14.3. The second-order valence-corrected chi connectivity index (χ2v) is 7.51. The van der Waals surface area contributed by atoms with Gasteiger partial charge < -0.3 is 11.1 Å². The van der Waals surface area contributed by atoms with E-state index in [9.17, 15) is 8.42 Å². The van der Waals surface area contributed by atoms with E-state index in [1.54, 1.807) is 12.3 Å². The van der Waals surface area contributed by atoms with Crippen LogP contribution in [-0.4, -0.2) is 25.2 Å². The topological polar surface area (TPSA) is 85.1 Å². The molecule has 1 aromatic carbocycles. The van der Waals surface area contributed by atoms with Crippen LogP contribution in [0.5, 0.6) is 0 Å². The van der Waals surface area contributed by atoms with Crippen molar-refractivity contribution in [2.24, 2.45) is 0 Å². The van der Waals surface area contributed by atoms with Gasteiger partial charge in [-0.05, 0) is 18.2 Å².